The van der Waals surface area contributed by atoms with Crippen LogP contribution >= 0.6 is 0 Å². The number of ketones is 1. The highest BCUT2D eigenvalue weighted by molar-refractivity contribution is 6.05. The topological polar surface area (TPSA) is 47.6 Å². The summed E-state index contributed by atoms with van der Waals surface area (Å²) in [6.07, 6.45) is 2.87. The highest BCUT2D eigenvalue weighted by Crippen LogP contribution is 2.27. The zero-order chi connectivity index (χ0) is 16.8. The van der Waals surface area contributed by atoms with Crippen molar-refractivity contribution >= 4 is 11.5 Å². The van der Waals surface area contributed by atoms with Crippen LogP contribution in [0.4, 0.5) is 10.1 Å². The van der Waals surface area contributed by atoms with Gasteiger partial charge in [-0.2, -0.15) is 0 Å². The molecule has 0 amide bonds. The molecule has 0 unspecified atom stereocenters. The molecule has 0 spiro atoms. The fraction of sp³-hybridized carbons (Fsp3) is 0.167. The normalized spacial score (nSPS) is 10.6. The van der Waals surface area contributed by atoms with Crippen molar-refractivity contribution in [2.24, 2.45) is 0 Å². The number of carbonyl (C=O) groups is 1. The largest absolute Gasteiger partial charge is 0.493 e. The summed E-state index contributed by atoms with van der Waals surface area (Å²) in [6, 6.07) is 9.37. The average Bonchev–Trinajstić information content (AvgIpc) is 2.57. The van der Waals surface area contributed by atoms with Crippen LogP contribution in [0, 0.1) is 12.7 Å². The molecule has 0 aliphatic carbocycles. The fourth-order valence-corrected chi connectivity index (χ4v) is 2.04. The molecule has 120 valence electrons. The number of carbonyl (C=O) groups excluding carboxylic acids is 1. The molecule has 0 radical (unpaired) electrons. The van der Waals surface area contributed by atoms with Gasteiger partial charge >= 0.3 is 0 Å². The van der Waals surface area contributed by atoms with E-state index in [0.29, 0.717) is 22.7 Å². The SMILES string of the molecule is COc1ccc(C(=O)/C=C/Nc2cc(F)ccc2C)cc1OC. The molecule has 2 rings (SSSR count). The zero-order valence-electron chi connectivity index (χ0n) is 13.2. The van der Waals surface area contributed by atoms with E-state index in [-0.39, 0.29) is 11.6 Å². The number of aryl methyl sites for hydroxylation is 1. The summed E-state index contributed by atoms with van der Waals surface area (Å²) in [5.41, 5.74) is 1.97. The number of hydrogen-bond acceptors (Lipinski definition) is 4. The average molecular weight is 315 g/mol. The zero-order valence-corrected chi connectivity index (χ0v) is 13.2. The van der Waals surface area contributed by atoms with Gasteiger partial charge in [0.15, 0.2) is 17.3 Å². The number of benzene rings is 2. The first kappa shape index (κ1) is 16.5. The van der Waals surface area contributed by atoms with Crippen molar-refractivity contribution in [3.05, 3.63) is 65.6 Å². The number of rotatable bonds is 6. The molecule has 0 aromatic heterocycles. The van der Waals surface area contributed by atoms with Crippen molar-refractivity contribution in [2.75, 3.05) is 19.5 Å². The van der Waals surface area contributed by atoms with Crippen molar-refractivity contribution in [1.82, 2.24) is 0 Å². The molecule has 5 heteroatoms. The fourth-order valence-electron chi connectivity index (χ4n) is 2.04. The molecule has 23 heavy (non-hydrogen) atoms. The van der Waals surface area contributed by atoms with E-state index in [1.54, 1.807) is 24.3 Å². The van der Waals surface area contributed by atoms with E-state index in [2.05, 4.69) is 5.32 Å². The first-order valence-electron chi connectivity index (χ1n) is 7.00. The third kappa shape index (κ3) is 4.10. The van der Waals surface area contributed by atoms with Gasteiger partial charge < -0.3 is 14.8 Å². The Labute approximate surface area is 134 Å². The van der Waals surface area contributed by atoms with E-state index >= 15 is 0 Å². The highest BCUT2D eigenvalue weighted by atomic mass is 19.1. The van der Waals surface area contributed by atoms with E-state index in [1.165, 1.54) is 38.6 Å². The summed E-state index contributed by atoms with van der Waals surface area (Å²) in [5, 5.41) is 2.91. The molecule has 0 heterocycles. The maximum Gasteiger partial charge on any atom is 0.187 e. The molecule has 1 N–H and O–H groups in total. The second-order valence-corrected chi connectivity index (χ2v) is 4.87. The Balaban J connectivity index is 2.11. The molecular weight excluding hydrogens is 297 g/mol. The van der Waals surface area contributed by atoms with Crippen molar-refractivity contribution in [3.63, 3.8) is 0 Å². The summed E-state index contributed by atoms with van der Waals surface area (Å²) in [4.78, 5) is 12.2. The standard InChI is InChI=1S/C18H18FNO3/c1-12-4-6-14(19)11-15(12)20-9-8-16(21)13-5-7-17(22-2)18(10-13)23-3/h4-11,20H,1-3H3/b9-8+. The number of methoxy groups -OCH3 is 2. The lowest BCUT2D eigenvalue weighted by Crippen LogP contribution is -1.99. The molecule has 4 nitrogen and oxygen atoms in total. The summed E-state index contributed by atoms with van der Waals surface area (Å²) >= 11 is 0. The van der Waals surface area contributed by atoms with E-state index in [4.69, 9.17) is 9.47 Å². The summed E-state index contributed by atoms with van der Waals surface area (Å²) in [5.74, 6) is 0.507. The van der Waals surface area contributed by atoms with Crippen LogP contribution in [-0.2, 0) is 0 Å². The van der Waals surface area contributed by atoms with Crippen molar-refractivity contribution in [3.8, 4) is 11.5 Å². The van der Waals surface area contributed by atoms with Crippen molar-refractivity contribution < 1.29 is 18.7 Å². The molecule has 0 saturated carbocycles. The summed E-state index contributed by atoms with van der Waals surface area (Å²) in [6.45, 7) is 1.85. The minimum absolute atomic E-state index is 0.201. The maximum atomic E-state index is 13.2. The lowest BCUT2D eigenvalue weighted by molar-refractivity contribution is 0.104. The highest BCUT2D eigenvalue weighted by Gasteiger charge is 2.08. The van der Waals surface area contributed by atoms with Crippen LogP contribution in [0.25, 0.3) is 0 Å². The first-order valence-corrected chi connectivity index (χ1v) is 7.00. The van der Waals surface area contributed by atoms with Gasteiger partial charge in [0.1, 0.15) is 5.82 Å². The summed E-state index contributed by atoms with van der Waals surface area (Å²) < 4.78 is 23.5. The van der Waals surface area contributed by atoms with Crippen LogP contribution < -0.4 is 14.8 Å². The quantitative estimate of drug-likeness (QED) is 0.647. The molecule has 2 aromatic carbocycles. The molecular formula is C18H18FNO3. The Hall–Kier alpha value is -2.82. The number of ether oxygens (including phenoxy) is 2. The lowest BCUT2D eigenvalue weighted by Gasteiger charge is -2.08. The van der Waals surface area contributed by atoms with E-state index in [9.17, 15) is 9.18 Å². The van der Waals surface area contributed by atoms with E-state index in [1.807, 2.05) is 6.92 Å². The third-order valence-electron chi connectivity index (χ3n) is 3.34. The number of allylic oxidation sites excluding steroid dienone is 1. The molecule has 0 aliphatic heterocycles. The second kappa shape index (κ2) is 7.45. The van der Waals surface area contributed by atoms with Crippen LogP contribution in [0.1, 0.15) is 15.9 Å². The van der Waals surface area contributed by atoms with Crippen molar-refractivity contribution in [1.29, 1.82) is 0 Å². The smallest absolute Gasteiger partial charge is 0.187 e. The van der Waals surface area contributed by atoms with Crippen molar-refractivity contribution in [2.45, 2.75) is 6.92 Å². The Morgan fingerprint density at radius 1 is 1.09 bits per heavy atom. The minimum atomic E-state index is -0.335. The predicted octanol–water partition coefficient (Wildman–Crippen LogP) is 3.96. The number of halogens is 1. The number of hydrogen-bond donors (Lipinski definition) is 1. The first-order chi connectivity index (χ1) is 11.0. The second-order valence-electron chi connectivity index (χ2n) is 4.87. The molecule has 0 aliphatic rings. The molecule has 0 fully saturated rings. The molecule has 0 atom stereocenters. The Morgan fingerprint density at radius 2 is 1.83 bits per heavy atom. The summed E-state index contributed by atoms with van der Waals surface area (Å²) in [7, 11) is 3.04. The molecule has 0 bridgehead atoms. The van der Waals surface area contributed by atoms with Gasteiger partial charge in [0.2, 0.25) is 0 Å². The molecule has 2 aromatic rings. The van der Waals surface area contributed by atoms with Crippen LogP contribution in [0.2, 0.25) is 0 Å². The minimum Gasteiger partial charge on any atom is -0.493 e. The van der Waals surface area contributed by atoms with Gasteiger partial charge in [0.05, 0.1) is 14.2 Å². The van der Waals surface area contributed by atoms with Gasteiger partial charge in [0.25, 0.3) is 0 Å². The Kier molecular flexibility index (Phi) is 5.36. The Bertz CT molecular complexity index is 741. The number of nitrogens with one attached hydrogen (secondary N) is 1. The van der Waals surface area contributed by atoms with Crippen LogP contribution in [0.3, 0.4) is 0 Å². The van der Waals surface area contributed by atoms with Gasteiger partial charge in [-0.1, -0.05) is 6.07 Å². The lowest BCUT2D eigenvalue weighted by atomic mass is 10.1. The molecule has 0 saturated heterocycles. The van der Waals surface area contributed by atoms with Gasteiger partial charge in [-0.15, -0.1) is 0 Å². The third-order valence-corrected chi connectivity index (χ3v) is 3.34. The van der Waals surface area contributed by atoms with E-state index in [0.717, 1.165) is 5.56 Å². The van der Waals surface area contributed by atoms with Gasteiger partial charge in [0, 0.05) is 23.5 Å². The van der Waals surface area contributed by atoms with Crippen LogP contribution in [-0.4, -0.2) is 20.0 Å². The van der Waals surface area contributed by atoms with Gasteiger partial charge in [-0.25, -0.2) is 4.39 Å². The maximum absolute atomic E-state index is 13.2. The van der Waals surface area contributed by atoms with Gasteiger partial charge in [-0.3, -0.25) is 4.79 Å². The van der Waals surface area contributed by atoms with Gasteiger partial charge in [-0.05, 0) is 42.8 Å². The predicted molar refractivity (Wildman–Crippen MR) is 87.8 cm³/mol. The van der Waals surface area contributed by atoms with Crippen LogP contribution in [0.5, 0.6) is 11.5 Å². The van der Waals surface area contributed by atoms with Crippen LogP contribution in [0.15, 0.2) is 48.7 Å². The Morgan fingerprint density at radius 3 is 2.52 bits per heavy atom. The number of anilines is 1. The van der Waals surface area contributed by atoms with E-state index < -0.39 is 0 Å². The monoisotopic (exact) mass is 315 g/mol.